The van der Waals surface area contributed by atoms with Crippen molar-refractivity contribution in [3.8, 4) is 0 Å². The van der Waals surface area contributed by atoms with Crippen molar-refractivity contribution in [2.24, 2.45) is 0 Å². The second-order valence-corrected chi connectivity index (χ2v) is 7.23. The lowest BCUT2D eigenvalue weighted by Crippen LogP contribution is -2.49. The van der Waals surface area contributed by atoms with Gasteiger partial charge in [0, 0.05) is 44.3 Å². The number of ether oxygens (including phenoxy) is 1. The van der Waals surface area contributed by atoms with Crippen LogP contribution in [0, 0.1) is 0 Å². The number of pyridine rings is 1. The Hall–Kier alpha value is -2.14. The molecule has 1 aromatic heterocycles. The Bertz CT molecular complexity index is 711. The minimum Gasteiger partial charge on any atom is -0.444 e. The van der Waals surface area contributed by atoms with Gasteiger partial charge in [-0.3, -0.25) is 9.88 Å². The number of amides is 1. The number of benzene rings is 1. The van der Waals surface area contributed by atoms with Crippen LogP contribution in [0.1, 0.15) is 26.3 Å². The van der Waals surface area contributed by atoms with E-state index in [1.807, 2.05) is 45.2 Å². The van der Waals surface area contributed by atoms with Crippen LogP contribution in [0.25, 0.3) is 10.9 Å². The molecule has 0 aliphatic carbocycles. The summed E-state index contributed by atoms with van der Waals surface area (Å²) < 4.78 is 5.45. The number of hydrogen-bond acceptors (Lipinski definition) is 4. The van der Waals surface area contributed by atoms with E-state index in [2.05, 4.69) is 22.0 Å². The SMILES string of the molecule is CC(C)(C)OC(=O)N1CCN(Cc2ccnc3ccccc23)CC1. The molecule has 3 rings (SSSR count). The molecule has 0 bridgehead atoms. The highest BCUT2D eigenvalue weighted by Gasteiger charge is 2.25. The van der Waals surface area contributed by atoms with Gasteiger partial charge in [0.25, 0.3) is 0 Å². The molecule has 5 heteroatoms. The van der Waals surface area contributed by atoms with Gasteiger partial charge in [-0.2, -0.15) is 0 Å². The molecule has 0 unspecified atom stereocenters. The van der Waals surface area contributed by atoms with Crippen LogP contribution < -0.4 is 0 Å². The van der Waals surface area contributed by atoms with Gasteiger partial charge in [0.2, 0.25) is 0 Å². The molecule has 0 spiro atoms. The first-order valence-electron chi connectivity index (χ1n) is 8.45. The summed E-state index contributed by atoms with van der Waals surface area (Å²) in [7, 11) is 0. The van der Waals surface area contributed by atoms with Crippen LogP contribution in [0.3, 0.4) is 0 Å². The van der Waals surface area contributed by atoms with Gasteiger partial charge < -0.3 is 9.64 Å². The van der Waals surface area contributed by atoms with Crippen LogP contribution in [0.2, 0.25) is 0 Å². The maximum Gasteiger partial charge on any atom is 0.410 e. The number of carbonyl (C=O) groups excluding carboxylic acids is 1. The molecule has 24 heavy (non-hydrogen) atoms. The molecular formula is C19H25N3O2. The number of rotatable bonds is 2. The largest absolute Gasteiger partial charge is 0.444 e. The van der Waals surface area contributed by atoms with Crippen LogP contribution in [-0.4, -0.2) is 52.7 Å². The second kappa shape index (κ2) is 6.77. The average molecular weight is 327 g/mol. The van der Waals surface area contributed by atoms with Gasteiger partial charge in [-0.1, -0.05) is 18.2 Å². The summed E-state index contributed by atoms with van der Waals surface area (Å²) >= 11 is 0. The quantitative estimate of drug-likeness (QED) is 0.849. The van der Waals surface area contributed by atoms with Gasteiger partial charge in [-0.25, -0.2) is 4.79 Å². The van der Waals surface area contributed by atoms with E-state index in [4.69, 9.17) is 4.74 Å². The highest BCUT2D eigenvalue weighted by molar-refractivity contribution is 5.81. The highest BCUT2D eigenvalue weighted by atomic mass is 16.6. The number of nitrogens with zero attached hydrogens (tertiary/aromatic N) is 3. The minimum atomic E-state index is -0.440. The van der Waals surface area contributed by atoms with E-state index in [9.17, 15) is 4.79 Å². The summed E-state index contributed by atoms with van der Waals surface area (Å²) in [6.45, 7) is 9.70. The lowest BCUT2D eigenvalue weighted by Gasteiger charge is -2.35. The fraction of sp³-hybridized carbons (Fsp3) is 0.474. The van der Waals surface area contributed by atoms with Crippen molar-refractivity contribution in [2.45, 2.75) is 32.9 Å². The van der Waals surface area contributed by atoms with Gasteiger partial charge in [-0.15, -0.1) is 0 Å². The van der Waals surface area contributed by atoms with Gasteiger partial charge >= 0.3 is 6.09 Å². The first-order chi connectivity index (χ1) is 11.4. The molecule has 1 aliphatic rings. The minimum absolute atomic E-state index is 0.212. The summed E-state index contributed by atoms with van der Waals surface area (Å²) in [6.07, 6.45) is 1.66. The third kappa shape index (κ3) is 4.03. The van der Waals surface area contributed by atoms with E-state index in [1.165, 1.54) is 10.9 Å². The van der Waals surface area contributed by atoms with Crippen LogP contribution in [0.15, 0.2) is 36.5 Å². The van der Waals surface area contributed by atoms with Crippen molar-refractivity contribution in [1.82, 2.24) is 14.8 Å². The van der Waals surface area contributed by atoms with Crippen molar-refractivity contribution >= 4 is 17.0 Å². The number of aromatic nitrogens is 1. The van der Waals surface area contributed by atoms with Crippen molar-refractivity contribution < 1.29 is 9.53 Å². The zero-order valence-electron chi connectivity index (χ0n) is 14.7. The van der Waals surface area contributed by atoms with Crippen molar-refractivity contribution in [3.05, 3.63) is 42.1 Å². The second-order valence-electron chi connectivity index (χ2n) is 7.23. The Morgan fingerprint density at radius 1 is 1.12 bits per heavy atom. The van der Waals surface area contributed by atoms with E-state index >= 15 is 0 Å². The molecule has 1 amide bonds. The molecule has 0 atom stereocenters. The summed E-state index contributed by atoms with van der Waals surface area (Å²) in [4.78, 5) is 20.7. The Labute approximate surface area is 143 Å². The van der Waals surface area contributed by atoms with Crippen LogP contribution in [0.5, 0.6) is 0 Å². The fourth-order valence-electron chi connectivity index (χ4n) is 2.95. The number of fused-ring (bicyclic) bond motifs is 1. The Morgan fingerprint density at radius 3 is 2.54 bits per heavy atom. The first-order valence-corrected chi connectivity index (χ1v) is 8.45. The van der Waals surface area contributed by atoms with Gasteiger partial charge in [-0.05, 0) is 38.5 Å². The van der Waals surface area contributed by atoms with E-state index in [0.717, 1.165) is 25.2 Å². The third-order valence-corrected chi connectivity index (χ3v) is 4.16. The number of piperazine rings is 1. The first kappa shape index (κ1) is 16.7. The summed E-state index contributed by atoms with van der Waals surface area (Å²) in [5.74, 6) is 0. The molecule has 5 nitrogen and oxygen atoms in total. The zero-order chi connectivity index (χ0) is 17.2. The standard InChI is InChI=1S/C19H25N3O2/c1-19(2,3)24-18(23)22-12-10-21(11-13-22)14-15-8-9-20-17-7-5-4-6-16(15)17/h4-9H,10-14H2,1-3H3. The molecular weight excluding hydrogens is 302 g/mol. The maximum absolute atomic E-state index is 12.1. The van der Waals surface area contributed by atoms with E-state index in [1.54, 1.807) is 4.90 Å². The molecule has 128 valence electrons. The molecule has 2 heterocycles. The maximum atomic E-state index is 12.1. The summed E-state index contributed by atoms with van der Waals surface area (Å²) in [5.41, 5.74) is 1.87. The van der Waals surface area contributed by atoms with Crippen LogP contribution >= 0.6 is 0 Å². The predicted molar refractivity (Wildman–Crippen MR) is 94.8 cm³/mol. The number of carbonyl (C=O) groups is 1. The summed E-state index contributed by atoms with van der Waals surface area (Å²) in [5, 5.41) is 1.20. The molecule has 2 aromatic rings. The summed E-state index contributed by atoms with van der Waals surface area (Å²) in [6, 6.07) is 10.3. The lowest BCUT2D eigenvalue weighted by molar-refractivity contribution is 0.0139. The Balaban J connectivity index is 1.60. The molecule has 1 fully saturated rings. The molecule has 1 saturated heterocycles. The third-order valence-electron chi connectivity index (χ3n) is 4.16. The predicted octanol–water partition coefficient (Wildman–Crippen LogP) is 3.29. The molecule has 1 aliphatic heterocycles. The molecule has 0 N–H and O–H groups in total. The Morgan fingerprint density at radius 2 is 1.83 bits per heavy atom. The fourth-order valence-corrected chi connectivity index (χ4v) is 2.95. The van der Waals surface area contributed by atoms with Gasteiger partial charge in [0.05, 0.1) is 5.52 Å². The number of para-hydroxylation sites is 1. The molecule has 0 saturated carbocycles. The van der Waals surface area contributed by atoms with E-state index < -0.39 is 5.60 Å². The van der Waals surface area contributed by atoms with Crippen molar-refractivity contribution in [2.75, 3.05) is 26.2 Å². The van der Waals surface area contributed by atoms with Gasteiger partial charge in [0.1, 0.15) is 5.60 Å². The highest BCUT2D eigenvalue weighted by Crippen LogP contribution is 2.19. The molecule has 0 radical (unpaired) electrons. The normalized spacial score (nSPS) is 16.4. The van der Waals surface area contributed by atoms with Crippen LogP contribution in [-0.2, 0) is 11.3 Å². The van der Waals surface area contributed by atoms with Crippen molar-refractivity contribution in [1.29, 1.82) is 0 Å². The average Bonchev–Trinajstić information content (AvgIpc) is 2.54. The molecule has 1 aromatic carbocycles. The van der Waals surface area contributed by atoms with Crippen LogP contribution in [0.4, 0.5) is 4.79 Å². The smallest absolute Gasteiger partial charge is 0.410 e. The lowest BCUT2D eigenvalue weighted by atomic mass is 10.1. The number of hydrogen-bond donors (Lipinski definition) is 0. The van der Waals surface area contributed by atoms with Crippen molar-refractivity contribution in [3.63, 3.8) is 0 Å². The topological polar surface area (TPSA) is 45.7 Å². The monoisotopic (exact) mass is 327 g/mol. The zero-order valence-corrected chi connectivity index (χ0v) is 14.7. The Kier molecular flexibility index (Phi) is 4.71. The van der Waals surface area contributed by atoms with Gasteiger partial charge in [0.15, 0.2) is 0 Å². The van der Waals surface area contributed by atoms with E-state index in [0.29, 0.717) is 13.1 Å². The van der Waals surface area contributed by atoms with E-state index in [-0.39, 0.29) is 6.09 Å².